The monoisotopic (exact) mass is 370 g/mol. The van der Waals surface area contributed by atoms with Crippen LogP contribution in [-0.4, -0.2) is 61.2 Å². The van der Waals surface area contributed by atoms with E-state index in [1.54, 1.807) is 0 Å². The lowest BCUT2D eigenvalue weighted by molar-refractivity contribution is 0.0693. The molecule has 27 heavy (non-hydrogen) atoms. The highest BCUT2D eigenvalue weighted by Crippen LogP contribution is 2.27. The van der Waals surface area contributed by atoms with Gasteiger partial charge in [-0.2, -0.15) is 0 Å². The number of likely N-dealkylation sites (tertiary alicyclic amines) is 2. The molecule has 7 heteroatoms. The van der Waals surface area contributed by atoms with E-state index in [2.05, 4.69) is 26.7 Å². The SMILES string of the molecule is Cn1cccc1C(=O)N1CCC[C@H](c2nnc(CN3CCCCC3)n2C)C1. The van der Waals surface area contributed by atoms with Gasteiger partial charge in [0.25, 0.3) is 5.91 Å². The Labute approximate surface area is 161 Å². The average molecular weight is 371 g/mol. The van der Waals surface area contributed by atoms with Crippen molar-refractivity contribution < 1.29 is 4.79 Å². The lowest BCUT2D eigenvalue weighted by Crippen LogP contribution is -2.40. The zero-order valence-electron chi connectivity index (χ0n) is 16.5. The molecule has 4 rings (SSSR count). The lowest BCUT2D eigenvalue weighted by Gasteiger charge is -2.32. The molecule has 146 valence electrons. The molecule has 0 spiro atoms. The summed E-state index contributed by atoms with van der Waals surface area (Å²) in [6.07, 6.45) is 7.90. The number of rotatable bonds is 4. The maximum atomic E-state index is 12.9. The van der Waals surface area contributed by atoms with Crippen LogP contribution in [0.4, 0.5) is 0 Å². The summed E-state index contributed by atoms with van der Waals surface area (Å²) in [5.74, 6) is 2.43. The number of hydrogen-bond donors (Lipinski definition) is 0. The van der Waals surface area contributed by atoms with Gasteiger partial charge in [-0.05, 0) is 50.9 Å². The predicted molar refractivity (Wildman–Crippen MR) is 103 cm³/mol. The Morgan fingerprint density at radius 3 is 2.67 bits per heavy atom. The first-order valence-electron chi connectivity index (χ1n) is 10.1. The van der Waals surface area contributed by atoms with Gasteiger partial charge in [-0.25, -0.2) is 0 Å². The number of aryl methyl sites for hydroxylation is 1. The Hall–Kier alpha value is -2.15. The van der Waals surface area contributed by atoms with Gasteiger partial charge in [0.2, 0.25) is 0 Å². The zero-order chi connectivity index (χ0) is 18.8. The van der Waals surface area contributed by atoms with Gasteiger partial charge in [0, 0.05) is 39.3 Å². The van der Waals surface area contributed by atoms with Crippen molar-refractivity contribution in [2.24, 2.45) is 14.1 Å². The Morgan fingerprint density at radius 2 is 1.93 bits per heavy atom. The van der Waals surface area contributed by atoms with E-state index in [0.29, 0.717) is 0 Å². The van der Waals surface area contributed by atoms with E-state index >= 15 is 0 Å². The van der Waals surface area contributed by atoms with E-state index in [0.717, 1.165) is 62.9 Å². The third-order valence-corrected chi connectivity index (χ3v) is 6.05. The van der Waals surface area contributed by atoms with E-state index in [4.69, 9.17) is 0 Å². The van der Waals surface area contributed by atoms with Crippen LogP contribution in [0.5, 0.6) is 0 Å². The number of amides is 1. The second-order valence-electron chi connectivity index (χ2n) is 7.96. The Morgan fingerprint density at radius 1 is 1.11 bits per heavy atom. The molecule has 0 aromatic carbocycles. The van der Waals surface area contributed by atoms with Gasteiger partial charge in [-0.3, -0.25) is 9.69 Å². The van der Waals surface area contributed by atoms with Crippen LogP contribution >= 0.6 is 0 Å². The van der Waals surface area contributed by atoms with Crippen molar-refractivity contribution in [3.05, 3.63) is 35.7 Å². The van der Waals surface area contributed by atoms with E-state index in [1.807, 2.05) is 34.8 Å². The molecule has 0 unspecified atom stereocenters. The fraction of sp³-hybridized carbons (Fsp3) is 0.650. The van der Waals surface area contributed by atoms with Gasteiger partial charge in [0.15, 0.2) is 0 Å². The van der Waals surface area contributed by atoms with Gasteiger partial charge in [-0.15, -0.1) is 10.2 Å². The van der Waals surface area contributed by atoms with Gasteiger partial charge in [-0.1, -0.05) is 6.42 Å². The summed E-state index contributed by atoms with van der Waals surface area (Å²) in [7, 11) is 4.00. The van der Waals surface area contributed by atoms with Gasteiger partial charge in [0.05, 0.1) is 6.54 Å². The van der Waals surface area contributed by atoms with Crippen molar-refractivity contribution in [2.75, 3.05) is 26.2 Å². The highest BCUT2D eigenvalue weighted by molar-refractivity contribution is 5.92. The van der Waals surface area contributed by atoms with Crippen LogP contribution in [0.25, 0.3) is 0 Å². The number of hydrogen-bond acceptors (Lipinski definition) is 4. The molecule has 2 aliphatic rings. The lowest BCUT2D eigenvalue weighted by atomic mass is 9.97. The molecule has 2 aromatic rings. The van der Waals surface area contributed by atoms with E-state index < -0.39 is 0 Å². The third kappa shape index (κ3) is 3.78. The van der Waals surface area contributed by atoms with Crippen molar-refractivity contribution in [1.82, 2.24) is 29.1 Å². The maximum Gasteiger partial charge on any atom is 0.270 e. The minimum absolute atomic E-state index is 0.114. The molecule has 1 amide bonds. The fourth-order valence-corrected chi connectivity index (χ4v) is 4.40. The van der Waals surface area contributed by atoms with Crippen LogP contribution in [0.2, 0.25) is 0 Å². The second kappa shape index (κ2) is 7.84. The number of aromatic nitrogens is 4. The van der Waals surface area contributed by atoms with Crippen molar-refractivity contribution >= 4 is 5.91 Å². The molecule has 7 nitrogen and oxygen atoms in total. The number of piperidine rings is 2. The maximum absolute atomic E-state index is 12.9. The minimum Gasteiger partial charge on any atom is -0.347 e. The van der Waals surface area contributed by atoms with E-state index in [1.165, 1.54) is 19.3 Å². The molecule has 1 atom stereocenters. The molecule has 0 saturated carbocycles. The highest BCUT2D eigenvalue weighted by atomic mass is 16.2. The first kappa shape index (κ1) is 18.2. The smallest absolute Gasteiger partial charge is 0.270 e. The van der Waals surface area contributed by atoms with Crippen molar-refractivity contribution in [1.29, 1.82) is 0 Å². The molecular formula is C20H30N6O. The molecule has 2 aromatic heterocycles. The largest absolute Gasteiger partial charge is 0.347 e. The standard InChI is InChI=1S/C20H30N6O/c1-23-10-7-9-17(23)20(27)26-13-6-8-16(14-26)19-22-21-18(24(19)2)15-25-11-4-3-5-12-25/h7,9-10,16H,3-6,8,11-15H2,1-2H3/t16-/m0/s1. The van der Waals surface area contributed by atoms with Crippen LogP contribution in [0, 0.1) is 0 Å². The first-order chi connectivity index (χ1) is 13.1. The van der Waals surface area contributed by atoms with Crippen molar-refractivity contribution in [3.8, 4) is 0 Å². The van der Waals surface area contributed by atoms with Crippen LogP contribution < -0.4 is 0 Å². The Balaban J connectivity index is 1.45. The summed E-state index contributed by atoms with van der Waals surface area (Å²) in [5.41, 5.74) is 0.749. The highest BCUT2D eigenvalue weighted by Gasteiger charge is 2.29. The Bertz CT molecular complexity index is 788. The predicted octanol–water partition coefficient (Wildman–Crippen LogP) is 2.16. The summed E-state index contributed by atoms with van der Waals surface area (Å²) < 4.78 is 4.06. The molecule has 2 saturated heterocycles. The molecule has 0 bridgehead atoms. The summed E-state index contributed by atoms with van der Waals surface area (Å²) >= 11 is 0. The quantitative estimate of drug-likeness (QED) is 0.828. The normalized spacial score (nSPS) is 21.6. The first-order valence-corrected chi connectivity index (χ1v) is 10.1. The van der Waals surface area contributed by atoms with Gasteiger partial charge in [0.1, 0.15) is 17.3 Å². The van der Waals surface area contributed by atoms with Crippen LogP contribution in [0.15, 0.2) is 18.3 Å². The van der Waals surface area contributed by atoms with Crippen LogP contribution in [-0.2, 0) is 20.6 Å². The number of carbonyl (C=O) groups is 1. The molecule has 2 aliphatic heterocycles. The van der Waals surface area contributed by atoms with Crippen LogP contribution in [0.3, 0.4) is 0 Å². The van der Waals surface area contributed by atoms with E-state index in [-0.39, 0.29) is 11.8 Å². The van der Waals surface area contributed by atoms with Crippen molar-refractivity contribution in [3.63, 3.8) is 0 Å². The topological polar surface area (TPSA) is 59.2 Å². The molecule has 2 fully saturated rings. The average Bonchev–Trinajstić information content (AvgIpc) is 3.28. The fourth-order valence-electron chi connectivity index (χ4n) is 4.40. The summed E-state index contributed by atoms with van der Waals surface area (Å²) in [6.45, 7) is 4.73. The summed E-state index contributed by atoms with van der Waals surface area (Å²) in [5, 5.41) is 9.00. The summed E-state index contributed by atoms with van der Waals surface area (Å²) in [4.78, 5) is 17.3. The molecule has 0 aliphatic carbocycles. The second-order valence-corrected chi connectivity index (χ2v) is 7.96. The van der Waals surface area contributed by atoms with E-state index in [9.17, 15) is 4.79 Å². The Kier molecular flexibility index (Phi) is 5.29. The number of carbonyl (C=O) groups excluding carboxylic acids is 1. The van der Waals surface area contributed by atoms with Gasteiger partial charge < -0.3 is 14.0 Å². The summed E-state index contributed by atoms with van der Waals surface area (Å²) in [6, 6.07) is 3.81. The van der Waals surface area contributed by atoms with Gasteiger partial charge >= 0.3 is 0 Å². The minimum atomic E-state index is 0.114. The van der Waals surface area contributed by atoms with Crippen molar-refractivity contribution in [2.45, 2.75) is 44.6 Å². The molecular weight excluding hydrogens is 340 g/mol. The van der Waals surface area contributed by atoms with Crippen LogP contribution in [0.1, 0.15) is 60.2 Å². The molecule has 4 heterocycles. The zero-order valence-corrected chi connectivity index (χ0v) is 16.5. The number of nitrogens with zero attached hydrogens (tertiary/aromatic N) is 6. The molecule has 0 N–H and O–H groups in total. The third-order valence-electron chi connectivity index (χ3n) is 6.05. The molecule has 0 radical (unpaired) electrons.